The topological polar surface area (TPSA) is 48.0 Å². The molecule has 0 atom stereocenters. The van der Waals surface area contributed by atoms with Crippen LogP contribution in [0.4, 0.5) is 0 Å². The van der Waals surface area contributed by atoms with E-state index < -0.39 is 0 Å². The fourth-order valence-corrected chi connectivity index (χ4v) is 3.74. The van der Waals surface area contributed by atoms with Crippen molar-refractivity contribution < 1.29 is 19.0 Å². The predicted molar refractivity (Wildman–Crippen MR) is 104 cm³/mol. The average Bonchev–Trinajstić information content (AvgIpc) is 2.74. The molecule has 2 aromatic carbocycles. The fraction of sp³-hybridized carbons (Fsp3) is 0.409. The van der Waals surface area contributed by atoms with Crippen molar-refractivity contribution in [3.8, 4) is 11.5 Å². The first-order chi connectivity index (χ1) is 13.1. The lowest BCUT2D eigenvalue weighted by Crippen LogP contribution is -2.46. The van der Waals surface area contributed by atoms with Crippen LogP contribution >= 0.6 is 0 Å². The molecule has 2 aromatic rings. The van der Waals surface area contributed by atoms with E-state index in [4.69, 9.17) is 14.2 Å². The van der Waals surface area contributed by atoms with Crippen molar-refractivity contribution in [2.45, 2.75) is 24.9 Å². The second-order valence-electron chi connectivity index (χ2n) is 6.80. The van der Waals surface area contributed by atoms with E-state index in [1.807, 2.05) is 41.3 Å². The molecule has 0 aromatic heterocycles. The number of hydrogen-bond acceptors (Lipinski definition) is 4. The van der Waals surface area contributed by atoms with Gasteiger partial charge in [0.1, 0.15) is 11.5 Å². The molecule has 0 saturated carbocycles. The van der Waals surface area contributed by atoms with Crippen LogP contribution in [0.15, 0.2) is 48.5 Å². The van der Waals surface area contributed by atoms with E-state index in [9.17, 15) is 4.79 Å². The molecule has 1 heterocycles. The van der Waals surface area contributed by atoms with Crippen LogP contribution in [0, 0.1) is 0 Å². The van der Waals surface area contributed by atoms with E-state index in [0.29, 0.717) is 31.0 Å². The Hall–Kier alpha value is -2.53. The summed E-state index contributed by atoms with van der Waals surface area (Å²) in [6.07, 6.45) is 1.90. The molecule has 144 valence electrons. The van der Waals surface area contributed by atoms with Gasteiger partial charge in [0.2, 0.25) is 5.91 Å². The van der Waals surface area contributed by atoms with Gasteiger partial charge in [-0.15, -0.1) is 0 Å². The minimum Gasteiger partial charge on any atom is -0.497 e. The summed E-state index contributed by atoms with van der Waals surface area (Å²) in [5.74, 6) is 1.50. The number of rotatable bonds is 6. The van der Waals surface area contributed by atoms with Gasteiger partial charge in [0, 0.05) is 31.8 Å². The first-order valence-corrected chi connectivity index (χ1v) is 9.21. The van der Waals surface area contributed by atoms with Gasteiger partial charge >= 0.3 is 0 Å². The molecule has 0 unspecified atom stereocenters. The zero-order valence-corrected chi connectivity index (χ0v) is 16.2. The Kier molecular flexibility index (Phi) is 6.01. The van der Waals surface area contributed by atoms with E-state index in [1.165, 1.54) is 5.56 Å². The van der Waals surface area contributed by atoms with Crippen molar-refractivity contribution in [2.24, 2.45) is 0 Å². The summed E-state index contributed by atoms with van der Waals surface area (Å²) in [7, 11) is 4.98. The number of benzene rings is 2. The van der Waals surface area contributed by atoms with Gasteiger partial charge in [0.15, 0.2) is 0 Å². The van der Waals surface area contributed by atoms with Gasteiger partial charge in [0.05, 0.1) is 26.2 Å². The van der Waals surface area contributed by atoms with E-state index in [2.05, 4.69) is 12.1 Å². The van der Waals surface area contributed by atoms with E-state index in [0.717, 1.165) is 18.4 Å². The summed E-state index contributed by atoms with van der Waals surface area (Å²) in [6.45, 7) is 1.36. The molecule has 3 rings (SSSR count). The third-order valence-corrected chi connectivity index (χ3v) is 5.45. The van der Waals surface area contributed by atoms with Crippen LogP contribution in [0.1, 0.15) is 24.0 Å². The predicted octanol–water partition coefficient (Wildman–Crippen LogP) is 3.41. The molecule has 5 nitrogen and oxygen atoms in total. The first kappa shape index (κ1) is 19.2. The van der Waals surface area contributed by atoms with Gasteiger partial charge in [0.25, 0.3) is 0 Å². The van der Waals surface area contributed by atoms with Crippen molar-refractivity contribution in [1.29, 1.82) is 0 Å². The summed E-state index contributed by atoms with van der Waals surface area (Å²) in [6, 6.07) is 15.8. The zero-order valence-electron chi connectivity index (χ0n) is 16.2. The maximum Gasteiger partial charge on any atom is 0.227 e. The number of carbonyl (C=O) groups is 1. The Bertz CT molecular complexity index is 767. The molecule has 0 spiro atoms. The first-order valence-electron chi connectivity index (χ1n) is 9.21. The van der Waals surface area contributed by atoms with Crippen LogP contribution < -0.4 is 9.47 Å². The van der Waals surface area contributed by atoms with E-state index >= 15 is 0 Å². The third kappa shape index (κ3) is 4.08. The lowest BCUT2D eigenvalue weighted by Gasteiger charge is -2.41. The lowest BCUT2D eigenvalue weighted by molar-refractivity contribution is -0.136. The van der Waals surface area contributed by atoms with Crippen molar-refractivity contribution in [1.82, 2.24) is 4.90 Å². The van der Waals surface area contributed by atoms with Crippen LogP contribution in [-0.2, 0) is 21.6 Å². The van der Waals surface area contributed by atoms with Crippen LogP contribution in [0.2, 0.25) is 0 Å². The number of ether oxygens (including phenoxy) is 3. The molecule has 1 fully saturated rings. The highest BCUT2D eigenvalue weighted by Gasteiger charge is 2.37. The highest BCUT2D eigenvalue weighted by molar-refractivity contribution is 5.79. The second-order valence-corrected chi connectivity index (χ2v) is 6.80. The number of methoxy groups -OCH3 is 3. The van der Waals surface area contributed by atoms with Gasteiger partial charge in [-0.2, -0.15) is 0 Å². The highest BCUT2D eigenvalue weighted by atomic mass is 16.5. The van der Waals surface area contributed by atoms with Crippen molar-refractivity contribution in [3.05, 3.63) is 59.7 Å². The molecule has 27 heavy (non-hydrogen) atoms. The van der Waals surface area contributed by atoms with Gasteiger partial charge in [-0.05, 0) is 24.5 Å². The van der Waals surface area contributed by atoms with Gasteiger partial charge < -0.3 is 19.1 Å². The molecule has 1 saturated heterocycles. The minimum absolute atomic E-state index is 0.108. The normalized spacial score (nSPS) is 16.0. The smallest absolute Gasteiger partial charge is 0.227 e. The summed E-state index contributed by atoms with van der Waals surface area (Å²) < 4.78 is 16.5. The molecule has 1 aliphatic heterocycles. The van der Waals surface area contributed by atoms with Crippen LogP contribution in [0.3, 0.4) is 0 Å². The SMILES string of the molecule is COc1ccc(CC(=O)N2CCC(OC)(c3ccccc3)CC2)c(OC)c1. The Balaban J connectivity index is 1.67. The summed E-state index contributed by atoms with van der Waals surface area (Å²) in [5.41, 5.74) is 1.74. The molecular weight excluding hydrogens is 342 g/mol. The lowest BCUT2D eigenvalue weighted by atomic mass is 9.84. The Labute approximate surface area is 160 Å². The van der Waals surface area contributed by atoms with Crippen molar-refractivity contribution >= 4 is 5.91 Å². The maximum absolute atomic E-state index is 12.8. The van der Waals surface area contributed by atoms with Crippen LogP contribution in [-0.4, -0.2) is 45.2 Å². The van der Waals surface area contributed by atoms with Crippen LogP contribution in [0.25, 0.3) is 0 Å². The second kappa shape index (κ2) is 8.44. The maximum atomic E-state index is 12.8. The number of piperidine rings is 1. The zero-order chi connectivity index (χ0) is 19.3. The number of hydrogen-bond donors (Lipinski definition) is 0. The van der Waals surface area contributed by atoms with Gasteiger partial charge in [-0.3, -0.25) is 4.79 Å². The largest absolute Gasteiger partial charge is 0.497 e. The molecule has 5 heteroatoms. The van der Waals surface area contributed by atoms with Gasteiger partial charge in [-0.25, -0.2) is 0 Å². The van der Waals surface area contributed by atoms with E-state index in [1.54, 1.807) is 21.3 Å². The number of carbonyl (C=O) groups excluding carboxylic acids is 1. The van der Waals surface area contributed by atoms with Crippen LogP contribution in [0.5, 0.6) is 11.5 Å². The fourth-order valence-electron chi connectivity index (χ4n) is 3.74. The van der Waals surface area contributed by atoms with Crippen molar-refractivity contribution in [2.75, 3.05) is 34.4 Å². The number of likely N-dealkylation sites (tertiary alicyclic amines) is 1. The molecule has 0 radical (unpaired) electrons. The van der Waals surface area contributed by atoms with Crippen molar-refractivity contribution in [3.63, 3.8) is 0 Å². The number of nitrogens with zero attached hydrogens (tertiary/aromatic N) is 1. The Morgan fingerprint density at radius 1 is 1.00 bits per heavy atom. The molecular formula is C22H27NO4. The standard InChI is InChI=1S/C22H27NO4/c1-25-19-10-9-17(20(16-19)26-2)15-21(24)23-13-11-22(27-3,12-14-23)18-7-5-4-6-8-18/h4-10,16H,11-15H2,1-3H3. The molecule has 0 bridgehead atoms. The molecule has 1 aliphatic rings. The molecule has 1 amide bonds. The van der Waals surface area contributed by atoms with Gasteiger partial charge in [-0.1, -0.05) is 36.4 Å². The average molecular weight is 369 g/mol. The van der Waals surface area contributed by atoms with E-state index in [-0.39, 0.29) is 11.5 Å². The Morgan fingerprint density at radius 2 is 1.70 bits per heavy atom. The molecule has 0 aliphatic carbocycles. The number of amides is 1. The summed E-state index contributed by atoms with van der Waals surface area (Å²) in [4.78, 5) is 14.7. The summed E-state index contributed by atoms with van der Waals surface area (Å²) >= 11 is 0. The third-order valence-electron chi connectivity index (χ3n) is 5.45. The molecule has 0 N–H and O–H groups in total. The monoisotopic (exact) mass is 369 g/mol. The highest BCUT2D eigenvalue weighted by Crippen LogP contribution is 2.36. The summed E-state index contributed by atoms with van der Waals surface area (Å²) in [5, 5.41) is 0. The quantitative estimate of drug-likeness (QED) is 0.783. The minimum atomic E-state index is -0.310. The Morgan fingerprint density at radius 3 is 2.30 bits per heavy atom.